The lowest BCUT2D eigenvalue weighted by atomic mass is 10.0. The first kappa shape index (κ1) is 20.1. The second-order valence-corrected chi connectivity index (χ2v) is 7.11. The molecule has 3 unspecified atom stereocenters. The van der Waals surface area contributed by atoms with E-state index in [0.29, 0.717) is 22.6 Å². The zero-order valence-corrected chi connectivity index (χ0v) is 16.5. The molecule has 4 rings (SSSR count). The highest BCUT2D eigenvalue weighted by Gasteiger charge is 2.42. The van der Waals surface area contributed by atoms with E-state index in [1.807, 2.05) is 30.3 Å². The standard InChI is InChI=1S/C24H23NO5/c1-29-18-11-7-8-16(14-18)21(15-22(26)30-17-9-3-2-4-10-17)25-23(27)19-12-5-6-13-20(19)24(25)28/h2-14,21,23-24,27-28H,15H2,1H3. The summed E-state index contributed by atoms with van der Waals surface area (Å²) in [6.07, 6.45) is -2.18. The van der Waals surface area contributed by atoms with E-state index in [1.54, 1.807) is 55.6 Å². The summed E-state index contributed by atoms with van der Waals surface area (Å²) >= 11 is 0. The lowest BCUT2D eigenvalue weighted by molar-refractivity contribution is -0.143. The average molecular weight is 405 g/mol. The lowest BCUT2D eigenvalue weighted by Gasteiger charge is -2.33. The maximum Gasteiger partial charge on any atom is 0.313 e. The number of carbonyl (C=O) groups is 1. The van der Waals surface area contributed by atoms with Gasteiger partial charge in [0, 0.05) is 11.1 Å². The van der Waals surface area contributed by atoms with E-state index in [-0.39, 0.29) is 6.42 Å². The Bertz CT molecular complexity index is 994. The van der Waals surface area contributed by atoms with Crippen LogP contribution < -0.4 is 9.47 Å². The molecule has 0 radical (unpaired) electrons. The monoisotopic (exact) mass is 405 g/mol. The first-order valence-electron chi connectivity index (χ1n) is 9.70. The van der Waals surface area contributed by atoms with E-state index in [1.165, 1.54) is 4.90 Å². The van der Waals surface area contributed by atoms with Gasteiger partial charge in [-0.05, 0) is 29.8 Å². The van der Waals surface area contributed by atoms with Crippen LogP contribution in [0.5, 0.6) is 11.5 Å². The number of esters is 1. The Kier molecular flexibility index (Phi) is 5.81. The van der Waals surface area contributed by atoms with Crippen LogP contribution >= 0.6 is 0 Å². The third-order valence-corrected chi connectivity index (χ3v) is 5.29. The van der Waals surface area contributed by atoms with E-state index in [9.17, 15) is 15.0 Å². The number of aliphatic hydroxyl groups excluding tert-OH is 2. The topological polar surface area (TPSA) is 79.2 Å². The van der Waals surface area contributed by atoms with Gasteiger partial charge in [0.05, 0.1) is 19.6 Å². The van der Waals surface area contributed by atoms with E-state index in [2.05, 4.69) is 0 Å². The molecule has 3 atom stereocenters. The van der Waals surface area contributed by atoms with Gasteiger partial charge < -0.3 is 19.7 Å². The fraction of sp³-hybridized carbons (Fsp3) is 0.208. The molecule has 2 N–H and O–H groups in total. The lowest BCUT2D eigenvalue weighted by Crippen LogP contribution is -2.33. The van der Waals surface area contributed by atoms with E-state index in [4.69, 9.17) is 9.47 Å². The molecule has 0 fully saturated rings. The molecule has 30 heavy (non-hydrogen) atoms. The molecule has 154 valence electrons. The van der Waals surface area contributed by atoms with Crippen molar-refractivity contribution in [3.8, 4) is 11.5 Å². The number of hydrogen-bond acceptors (Lipinski definition) is 6. The van der Waals surface area contributed by atoms with Gasteiger partial charge in [-0.2, -0.15) is 0 Å². The Labute approximate surface area is 174 Å². The third-order valence-electron chi connectivity index (χ3n) is 5.29. The number of ether oxygens (including phenoxy) is 2. The van der Waals surface area contributed by atoms with Crippen LogP contribution in [0.25, 0.3) is 0 Å². The highest BCUT2D eigenvalue weighted by atomic mass is 16.5. The zero-order chi connectivity index (χ0) is 21.1. The smallest absolute Gasteiger partial charge is 0.313 e. The summed E-state index contributed by atoms with van der Waals surface area (Å²) < 4.78 is 10.8. The maximum atomic E-state index is 12.8. The van der Waals surface area contributed by atoms with E-state index in [0.717, 1.165) is 5.56 Å². The summed E-state index contributed by atoms with van der Waals surface area (Å²) in [6.45, 7) is 0. The van der Waals surface area contributed by atoms with Gasteiger partial charge in [0.15, 0.2) is 0 Å². The molecule has 0 bridgehead atoms. The number of benzene rings is 3. The molecular weight excluding hydrogens is 382 g/mol. The summed E-state index contributed by atoms with van der Waals surface area (Å²) in [4.78, 5) is 14.3. The maximum absolute atomic E-state index is 12.8. The first-order chi connectivity index (χ1) is 14.6. The van der Waals surface area contributed by atoms with Crippen LogP contribution in [0, 0.1) is 0 Å². The van der Waals surface area contributed by atoms with Crippen LogP contribution in [0.1, 0.15) is 41.6 Å². The van der Waals surface area contributed by atoms with Crippen LogP contribution in [0.4, 0.5) is 0 Å². The zero-order valence-electron chi connectivity index (χ0n) is 16.5. The summed E-state index contributed by atoms with van der Waals surface area (Å²) in [7, 11) is 1.56. The average Bonchev–Trinajstić information content (AvgIpc) is 3.03. The quantitative estimate of drug-likeness (QED) is 0.481. The Balaban J connectivity index is 1.66. The number of nitrogens with zero attached hydrogens (tertiary/aromatic N) is 1. The van der Waals surface area contributed by atoms with Gasteiger partial charge in [0.2, 0.25) is 0 Å². The number of rotatable bonds is 6. The number of aliphatic hydroxyl groups is 2. The van der Waals surface area contributed by atoms with Crippen LogP contribution in [-0.2, 0) is 4.79 Å². The first-order valence-corrected chi connectivity index (χ1v) is 9.70. The summed E-state index contributed by atoms with van der Waals surface area (Å²) in [5.74, 6) is 0.594. The summed E-state index contributed by atoms with van der Waals surface area (Å²) in [5.41, 5.74) is 1.97. The molecule has 0 saturated carbocycles. The van der Waals surface area contributed by atoms with Gasteiger partial charge in [-0.3, -0.25) is 4.79 Å². The highest BCUT2D eigenvalue weighted by Crippen LogP contribution is 2.46. The fourth-order valence-electron chi connectivity index (χ4n) is 3.84. The molecule has 0 amide bonds. The van der Waals surface area contributed by atoms with Crippen LogP contribution in [0.3, 0.4) is 0 Å². The second-order valence-electron chi connectivity index (χ2n) is 7.11. The number of hydrogen-bond donors (Lipinski definition) is 2. The van der Waals surface area contributed by atoms with Crippen LogP contribution in [0.2, 0.25) is 0 Å². The molecule has 0 spiro atoms. The number of para-hydroxylation sites is 1. The fourth-order valence-corrected chi connectivity index (χ4v) is 3.84. The van der Waals surface area contributed by atoms with Crippen molar-refractivity contribution in [3.05, 3.63) is 95.6 Å². The van der Waals surface area contributed by atoms with Crippen LogP contribution in [-0.4, -0.2) is 28.2 Å². The van der Waals surface area contributed by atoms with Gasteiger partial charge in [-0.15, -0.1) is 0 Å². The molecule has 0 aromatic heterocycles. The Morgan fingerprint density at radius 3 is 2.13 bits per heavy atom. The van der Waals surface area contributed by atoms with Crippen molar-refractivity contribution in [1.82, 2.24) is 4.90 Å². The highest BCUT2D eigenvalue weighted by molar-refractivity contribution is 5.73. The largest absolute Gasteiger partial charge is 0.497 e. The van der Waals surface area contributed by atoms with E-state index < -0.39 is 24.5 Å². The van der Waals surface area contributed by atoms with Crippen molar-refractivity contribution >= 4 is 5.97 Å². The van der Waals surface area contributed by atoms with E-state index >= 15 is 0 Å². The van der Waals surface area contributed by atoms with Gasteiger partial charge in [-0.1, -0.05) is 54.6 Å². The molecular formula is C24H23NO5. The normalized spacial score (nSPS) is 19.2. The van der Waals surface area contributed by atoms with Crippen molar-refractivity contribution in [3.63, 3.8) is 0 Å². The van der Waals surface area contributed by atoms with Crippen molar-refractivity contribution < 1.29 is 24.5 Å². The SMILES string of the molecule is COc1cccc(C(CC(=O)Oc2ccccc2)N2C(O)c3ccccc3C2O)c1. The number of methoxy groups -OCH3 is 1. The van der Waals surface area contributed by atoms with Crippen molar-refractivity contribution in [2.75, 3.05) is 7.11 Å². The Morgan fingerprint density at radius 1 is 0.900 bits per heavy atom. The summed E-state index contributed by atoms with van der Waals surface area (Å²) in [6, 6.07) is 22.6. The van der Waals surface area contributed by atoms with Gasteiger partial charge in [0.25, 0.3) is 0 Å². The molecule has 1 aliphatic heterocycles. The number of fused-ring (bicyclic) bond motifs is 1. The summed E-state index contributed by atoms with van der Waals surface area (Å²) in [5, 5.41) is 21.9. The molecule has 3 aromatic carbocycles. The van der Waals surface area contributed by atoms with Crippen molar-refractivity contribution in [2.24, 2.45) is 0 Å². The minimum Gasteiger partial charge on any atom is -0.497 e. The van der Waals surface area contributed by atoms with Crippen molar-refractivity contribution in [2.45, 2.75) is 24.9 Å². The van der Waals surface area contributed by atoms with Crippen molar-refractivity contribution in [1.29, 1.82) is 0 Å². The predicted molar refractivity (Wildman–Crippen MR) is 111 cm³/mol. The minimum absolute atomic E-state index is 0.0653. The molecule has 0 saturated heterocycles. The minimum atomic E-state index is -1.06. The Morgan fingerprint density at radius 2 is 1.50 bits per heavy atom. The third kappa shape index (κ3) is 3.93. The molecule has 0 aliphatic carbocycles. The number of carbonyl (C=O) groups excluding carboxylic acids is 1. The van der Waals surface area contributed by atoms with Gasteiger partial charge >= 0.3 is 5.97 Å². The molecule has 6 nitrogen and oxygen atoms in total. The van der Waals surface area contributed by atoms with Gasteiger partial charge in [-0.25, -0.2) is 4.90 Å². The molecule has 1 heterocycles. The second kappa shape index (κ2) is 8.67. The Hall–Kier alpha value is -3.19. The predicted octanol–water partition coefficient (Wildman–Crippen LogP) is 3.73. The molecule has 1 aliphatic rings. The molecule has 3 aromatic rings. The van der Waals surface area contributed by atoms with Crippen LogP contribution in [0.15, 0.2) is 78.9 Å². The molecule has 6 heteroatoms. The van der Waals surface area contributed by atoms with Gasteiger partial charge in [0.1, 0.15) is 24.0 Å².